The third kappa shape index (κ3) is 38.6. The third-order valence-corrected chi connectivity index (χ3v) is 28.3. The molecule has 0 aromatic carbocycles. The Labute approximate surface area is 816 Å². The molecule has 23 heteroatoms. The van der Waals surface area contributed by atoms with Crippen molar-refractivity contribution in [2.24, 2.45) is 65.1 Å². The second kappa shape index (κ2) is 63.8. The van der Waals surface area contributed by atoms with E-state index in [1.165, 1.54) is 126 Å². The van der Waals surface area contributed by atoms with Crippen LogP contribution in [0.3, 0.4) is 0 Å². The summed E-state index contributed by atoms with van der Waals surface area (Å²) in [4.78, 5) is 85.4. The first-order valence-corrected chi connectivity index (χ1v) is 49.9. The molecule has 6 aliphatic rings. The highest BCUT2D eigenvalue weighted by molar-refractivity contribution is 8.03. The molecule has 0 aromatic heterocycles. The van der Waals surface area contributed by atoms with Crippen molar-refractivity contribution in [2.75, 3.05) is 70.2 Å². The molecule has 0 amide bonds. The number of ketones is 7. The zero-order chi connectivity index (χ0) is 102. The minimum Gasteiger partial charge on any atom is -0.497 e. The smallest absolute Gasteiger partial charge is 0.204 e. The van der Waals surface area contributed by atoms with E-state index in [-0.39, 0.29) is 152 Å². The van der Waals surface area contributed by atoms with Crippen molar-refractivity contribution in [3.05, 3.63) is 197 Å². The average molecular weight is 1900 g/mol. The van der Waals surface area contributed by atoms with Crippen molar-refractivity contribution < 1.29 is 106 Å². The van der Waals surface area contributed by atoms with Crippen LogP contribution in [0.15, 0.2) is 197 Å². The van der Waals surface area contributed by atoms with E-state index in [1.807, 2.05) is 66.9 Å². The molecule has 0 bridgehead atoms. The van der Waals surface area contributed by atoms with Gasteiger partial charge in [0.25, 0.3) is 0 Å². The fourth-order valence-electron chi connectivity index (χ4n) is 17.4. The van der Waals surface area contributed by atoms with Crippen LogP contribution in [-0.2, 0) is 80.9 Å². The summed E-state index contributed by atoms with van der Waals surface area (Å²) in [6, 6.07) is 0. The molecule has 1 aliphatic heterocycles. The van der Waals surface area contributed by atoms with Gasteiger partial charge in [-0.2, -0.15) is 0 Å². The van der Waals surface area contributed by atoms with Crippen LogP contribution >= 0.6 is 11.8 Å². The van der Waals surface area contributed by atoms with E-state index in [0.29, 0.717) is 48.7 Å². The third-order valence-electron chi connectivity index (χ3n) is 27.5. The average Bonchev–Trinajstić information content (AvgIpc) is 0.809. The first-order valence-electron chi connectivity index (χ1n) is 48.6. The van der Waals surface area contributed by atoms with Gasteiger partial charge in [0, 0.05) is 71.5 Å². The standard InChI is InChI=1S/C26H40O5.2C25H38O5.C20H32O4.C16H26O3S/c1-16(9-8-10-17(2)15-21-13-12-18(3)20(5)31-21)11-14-22-19(4)23(27)25(29-6)26(30-7)24(22)28;2*1-16(12-9-13-18(3)20(5)26)10-8-11-17(2)14-15-21-19(4)22(27)24(29-6)25(30-7)23(21)28;1-7-13(2)9-8-10-14(3)11-12-16-15(4)17(21)19(23-5)20(24-6)18(16)22;1-6-7-10(2)8-9-12-11(3)13(17)16(20-5)15(19-4)14(12)18/h10-11,18-19,21-22,24,28H,5,8-9,12-15H2,1-4,6-7H3;2*10,13-14,19,21,23,28H,8-9,11-12,15H2,1-7H3;9,11,15-16,18,22H,7-8,10,12H2,1-6H3;8,11-12,14,18H,6-7,9H2,1-5H3/b16-11+,17-10+;2*16-10+,17-14+,18-13+;13-9+,14-11+;10-8+. The number of hydrogen-bond donors (Lipinski definition) is 5. The summed E-state index contributed by atoms with van der Waals surface area (Å²) >= 11 is 1.36. The highest BCUT2D eigenvalue weighted by atomic mass is 32.2. The van der Waals surface area contributed by atoms with Gasteiger partial charge in [-0.1, -0.05) is 185 Å². The molecule has 1 fully saturated rings. The van der Waals surface area contributed by atoms with E-state index < -0.39 is 30.5 Å². The normalized spacial score (nSPS) is 26.3. The first kappa shape index (κ1) is 122. The van der Waals surface area contributed by atoms with Crippen LogP contribution in [-0.4, -0.2) is 173 Å². The number of carbonyl (C=O) groups is 7. The Kier molecular flexibility index (Phi) is 57.9. The maximum atomic E-state index is 12.6. The molecule has 1 heterocycles. The van der Waals surface area contributed by atoms with Gasteiger partial charge in [-0.25, -0.2) is 0 Å². The van der Waals surface area contributed by atoms with Crippen LogP contribution in [0.2, 0.25) is 0 Å². The second-order valence-corrected chi connectivity index (χ2v) is 38.4. The zero-order valence-electron chi connectivity index (χ0n) is 88.2. The summed E-state index contributed by atoms with van der Waals surface area (Å²) in [7, 11) is 13.1. The van der Waals surface area contributed by atoms with E-state index in [4.69, 9.17) is 47.4 Å². The van der Waals surface area contributed by atoms with E-state index in [1.54, 1.807) is 13.8 Å². The van der Waals surface area contributed by atoms with Crippen LogP contribution in [0.25, 0.3) is 0 Å². The van der Waals surface area contributed by atoms with E-state index in [2.05, 4.69) is 144 Å². The summed E-state index contributed by atoms with van der Waals surface area (Å²) in [5, 5.41) is 53.1. The van der Waals surface area contributed by atoms with Gasteiger partial charge in [0.05, 0.1) is 74.7 Å². The van der Waals surface area contributed by atoms with Crippen LogP contribution in [0.4, 0.5) is 0 Å². The molecule has 22 nitrogen and oxygen atoms in total. The Hall–Kier alpha value is -8.58. The van der Waals surface area contributed by atoms with Crippen molar-refractivity contribution >= 4 is 52.2 Å². The van der Waals surface area contributed by atoms with Crippen LogP contribution in [0, 0.1) is 65.1 Å². The molecule has 0 saturated carbocycles. The summed E-state index contributed by atoms with van der Waals surface area (Å²) in [6.45, 7) is 45.7. The molecule has 5 N–H and O–H groups in total. The number of thioether (sulfide) groups is 1. The second-order valence-electron chi connectivity index (χ2n) is 37.6. The minimum atomic E-state index is -0.852. The number of methoxy groups -OCH3 is 9. The highest BCUT2D eigenvalue weighted by Crippen LogP contribution is 2.43. The number of ether oxygens (including phenoxy) is 10. The van der Waals surface area contributed by atoms with Gasteiger partial charge < -0.3 is 72.9 Å². The largest absolute Gasteiger partial charge is 0.497 e. The van der Waals surface area contributed by atoms with Gasteiger partial charge in [-0.3, -0.25) is 33.6 Å². The van der Waals surface area contributed by atoms with Crippen LogP contribution in [0.5, 0.6) is 0 Å². The van der Waals surface area contributed by atoms with Crippen molar-refractivity contribution in [1.29, 1.82) is 0 Å². The molecule has 135 heavy (non-hydrogen) atoms. The molecule has 0 spiro atoms. The van der Waals surface area contributed by atoms with Gasteiger partial charge in [-0.05, 0) is 242 Å². The Bertz CT molecular complexity index is 4310. The van der Waals surface area contributed by atoms with Gasteiger partial charge in [0.15, 0.2) is 40.4 Å². The van der Waals surface area contributed by atoms with Crippen molar-refractivity contribution in [3.63, 3.8) is 0 Å². The Morgan fingerprint density at radius 3 is 0.830 bits per heavy atom. The van der Waals surface area contributed by atoms with Crippen LogP contribution < -0.4 is 0 Å². The number of hydrogen-bond acceptors (Lipinski definition) is 23. The maximum Gasteiger partial charge on any atom is 0.204 e. The predicted molar refractivity (Wildman–Crippen MR) is 543 cm³/mol. The summed E-state index contributed by atoms with van der Waals surface area (Å²) < 4.78 is 52.8. The van der Waals surface area contributed by atoms with Gasteiger partial charge in [-0.15, -0.1) is 11.8 Å². The number of allylic oxidation sites excluding steroid dienone is 27. The maximum absolute atomic E-state index is 12.6. The molecule has 760 valence electrons. The lowest BCUT2D eigenvalue weighted by Gasteiger charge is -2.34. The van der Waals surface area contributed by atoms with Crippen LogP contribution in [0.1, 0.15) is 293 Å². The van der Waals surface area contributed by atoms with Gasteiger partial charge >= 0.3 is 0 Å². The lowest BCUT2D eigenvalue weighted by atomic mass is 9.77. The van der Waals surface area contributed by atoms with Crippen molar-refractivity contribution in [2.45, 2.75) is 330 Å². The minimum absolute atomic E-state index is 0.0891. The Balaban J connectivity index is 0.000000575. The fourth-order valence-corrected chi connectivity index (χ4v) is 18.2. The summed E-state index contributed by atoms with van der Waals surface area (Å²) in [6.07, 6.45) is 42.8. The SMILES string of the molecule is C=C1OC(C/C(C)=C/CC/C(C)=C/CC2C(C)C(=O)C(OC)=C(OC)C2O)CCC1C.CC/C(C)=C/CC/C(C)=C/CC1C(C)C(=O)C(OC)=C(OC)C1O.CCC/C(C)=C/CC1C(C)C(=O)C(SC)=C(OC)C1O.COC1=C(OC)C(O)C(C/C=C(\C)CC/C=C(\C)CC/C=C(\C)C(C)=O)C(C)C1=O.COC1=C(OC)C(O)C(C/C=C(\C)CC/C=C(\C)CC/C=C(\C)C(C)=O)C(C)C1=O. The Morgan fingerprint density at radius 1 is 0.341 bits per heavy atom. The van der Waals surface area contributed by atoms with E-state index in [9.17, 15) is 59.1 Å². The molecule has 0 aromatic rings. The zero-order valence-corrected chi connectivity index (χ0v) is 89.0. The number of carbonyl (C=O) groups excluding carboxylic acids is 7. The molecule has 5 aliphatic carbocycles. The molecule has 17 atom stereocenters. The molecule has 6 rings (SSSR count). The number of rotatable bonds is 45. The molecule has 1 saturated heterocycles. The number of Topliss-reactive ketones (excluding diaryl/α,β-unsaturated/α-hetero) is 7. The monoisotopic (exact) mass is 1900 g/mol. The molecule has 17 unspecified atom stereocenters. The lowest BCUT2D eigenvalue weighted by molar-refractivity contribution is -0.128. The molecular weight excluding hydrogens is 1730 g/mol. The number of aliphatic hydroxyl groups excluding tert-OH is 5. The fraction of sp³-hybridized carbons (Fsp3) is 0.634. The van der Waals surface area contributed by atoms with Crippen molar-refractivity contribution in [3.8, 4) is 0 Å². The number of aliphatic hydroxyl groups is 5. The van der Waals surface area contributed by atoms with Gasteiger partial charge in [0.1, 0.15) is 42.4 Å². The van der Waals surface area contributed by atoms with Crippen molar-refractivity contribution in [1.82, 2.24) is 0 Å². The lowest BCUT2D eigenvalue weighted by Crippen LogP contribution is -2.40. The van der Waals surface area contributed by atoms with E-state index >= 15 is 0 Å². The first-order chi connectivity index (χ1) is 63.8. The quantitative estimate of drug-likeness (QED) is 0.0279. The highest BCUT2D eigenvalue weighted by Gasteiger charge is 2.47. The predicted octanol–water partition coefficient (Wildman–Crippen LogP) is 23.3. The molecular formula is C112H174O22S. The molecule has 0 radical (unpaired) electrons. The summed E-state index contributed by atoms with van der Waals surface area (Å²) in [5.41, 5.74) is 13.4. The van der Waals surface area contributed by atoms with Gasteiger partial charge in [0.2, 0.25) is 46.2 Å². The van der Waals surface area contributed by atoms with E-state index in [0.717, 1.165) is 132 Å². The Morgan fingerprint density at radius 2 is 0.585 bits per heavy atom. The summed E-state index contributed by atoms with van der Waals surface area (Å²) in [5.74, 6) is 0.810. The topological polar surface area (TPSA) is 313 Å².